The van der Waals surface area contributed by atoms with Crippen molar-refractivity contribution in [1.29, 1.82) is 0 Å². The number of hydrogen-bond acceptors (Lipinski definition) is 2. The highest BCUT2D eigenvalue weighted by Crippen LogP contribution is 2.19. The van der Waals surface area contributed by atoms with E-state index < -0.39 is 0 Å². The minimum atomic E-state index is 0.189. The van der Waals surface area contributed by atoms with Gasteiger partial charge >= 0.3 is 0 Å². The summed E-state index contributed by atoms with van der Waals surface area (Å²) in [5, 5.41) is 7.79. The van der Waals surface area contributed by atoms with E-state index in [2.05, 4.69) is 11.4 Å². The molecular weight excluding hydrogens is 282 g/mol. The molecule has 0 bridgehead atoms. The zero-order chi connectivity index (χ0) is 15.1. The van der Waals surface area contributed by atoms with Crippen LogP contribution in [-0.2, 0) is 4.79 Å². The summed E-state index contributed by atoms with van der Waals surface area (Å²) < 4.78 is 0. The van der Waals surface area contributed by atoms with Crippen molar-refractivity contribution in [3.05, 3.63) is 11.6 Å². The smallest absolute Gasteiger partial charge is 0.241 e. The van der Waals surface area contributed by atoms with Gasteiger partial charge in [-0.2, -0.15) is 0 Å². The van der Waals surface area contributed by atoms with E-state index in [9.17, 15) is 4.79 Å². The average molecular weight is 309 g/mol. The van der Waals surface area contributed by atoms with Gasteiger partial charge in [0, 0.05) is 26.1 Å². The third-order valence-corrected chi connectivity index (χ3v) is 4.48. The van der Waals surface area contributed by atoms with Crippen molar-refractivity contribution in [2.45, 2.75) is 58.3 Å². The first kappa shape index (κ1) is 16.3. The van der Waals surface area contributed by atoms with Crippen molar-refractivity contribution in [3.8, 4) is 0 Å². The number of carbonyl (C=O) groups is 1. The number of thiocarbonyl (C=S) groups is 1. The molecule has 1 saturated heterocycles. The zero-order valence-electron chi connectivity index (χ0n) is 13.1. The molecule has 0 aromatic carbocycles. The van der Waals surface area contributed by atoms with Gasteiger partial charge < -0.3 is 5.32 Å². The Morgan fingerprint density at radius 3 is 2.81 bits per heavy atom. The maximum absolute atomic E-state index is 12.1. The summed E-state index contributed by atoms with van der Waals surface area (Å²) in [4.78, 5) is 12.1. The van der Waals surface area contributed by atoms with Crippen LogP contribution < -0.4 is 5.32 Å². The number of rotatable bonds is 5. The molecule has 118 valence electrons. The Balaban J connectivity index is 1.76. The monoisotopic (exact) mass is 309 g/mol. The second-order valence-corrected chi connectivity index (χ2v) is 6.22. The number of nitrogens with one attached hydrogen (secondary N) is 1. The fourth-order valence-electron chi connectivity index (χ4n) is 2.98. The standard InChI is InChI=1S/C16H27N3OS/c1-2-7-15(20)18-12-6-13-19(18)16(21)17-11-10-14-8-4-3-5-9-14/h8H,2-7,9-13H2,1H3,(H,17,21). The summed E-state index contributed by atoms with van der Waals surface area (Å²) in [7, 11) is 0. The van der Waals surface area contributed by atoms with Crippen LogP contribution in [0.15, 0.2) is 11.6 Å². The summed E-state index contributed by atoms with van der Waals surface area (Å²) in [5.41, 5.74) is 1.55. The molecule has 5 heteroatoms. The van der Waals surface area contributed by atoms with Gasteiger partial charge in [0.25, 0.3) is 0 Å². The lowest BCUT2D eigenvalue weighted by Gasteiger charge is -2.30. The molecule has 21 heavy (non-hydrogen) atoms. The minimum absolute atomic E-state index is 0.189. The maximum Gasteiger partial charge on any atom is 0.241 e. The van der Waals surface area contributed by atoms with Gasteiger partial charge in [0.05, 0.1) is 0 Å². The van der Waals surface area contributed by atoms with Gasteiger partial charge in [-0.15, -0.1) is 0 Å². The van der Waals surface area contributed by atoms with Crippen molar-refractivity contribution >= 4 is 23.2 Å². The lowest BCUT2D eigenvalue weighted by molar-refractivity contribution is -0.138. The second kappa shape index (κ2) is 8.37. The first-order valence-corrected chi connectivity index (χ1v) is 8.66. The van der Waals surface area contributed by atoms with Crippen molar-refractivity contribution in [1.82, 2.24) is 15.3 Å². The highest BCUT2D eigenvalue weighted by atomic mass is 32.1. The highest BCUT2D eigenvalue weighted by Gasteiger charge is 2.27. The molecule has 0 unspecified atom stereocenters. The van der Waals surface area contributed by atoms with Gasteiger partial charge in [0.15, 0.2) is 5.11 Å². The number of carbonyl (C=O) groups excluding carboxylic acids is 1. The van der Waals surface area contributed by atoms with Crippen molar-refractivity contribution in [2.75, 3.05) is 19.6 Å². The van der Waals surface area contributed by atoms with E-state index in [1.165, 1.54) is 25.7 Å². The van der Waals surface area contributed by atoms with E-state index in [0.717, 1.165) is 38.9 Å². The van der Waals surface area contributed by atoms with E-state index in [1.54, 1.807) is 5.57 Å². The van der Waals surface area contributed by atoms with Crippen LogP contribution in [0, 0.1) is 0 Å². The van der Waals surface area contributed by atoms with Crippen molar-refractivity contribution in [2.24, 2.45) is 0 Å². The van der Waals surface area contributed by atoms with Crippen LogP contribution in [0.25, 0.3) is 0 Å². The molecule has 0 spiro atoms. The first-order valence-electron chi connectivity index (χ1n) is 8.26. The molecule has 1 aliphatic heterocycles. The number of hydrazine groups is 1. The summed E-state index contributed by atoms with van der Waals surface area (Å²) in [6, 6.07) is 0. The van der Waals surface area contributed by atoms with E-state index in [4.69, 9.17) is 12.2 Å². The molecule has 0 aromatic rings. The zero-order valence-corrected chi connectivity index (χ0v) is 13.9. The third-order valence-electron chi connectivity index (χ3n) is 4.12. The molecule has 1 aliphatic carbocycles. The van der Waals surface area contributed by atoms with Crippen LogP contribution in [0.1, 0.15) is 58.3 Å². The lowest BCUT2D eigenvalue weighted by Crippen LogP contribution is -2.49. The van der Waals surface area contributed by atoms with Crippen LogP contribution in [-0.4, -0.2) is 40.7 Å². The first-order chi connectivity index (χ1) is 10.2. The normalized spacial score (nSPS) is 18.6. The highest BCUT2D eigenvalue weighted by molar-refractivity contribution is 7.80. The molecule has 1 amide bonds. The van der Waals surface area contributed by atoms with Gasteiger partial charge in [-0.3, -0.25) is 14.8 Å². The molecule has 0 radical (unpaired) electrons. The molecule has 1 heterocycles. The van der Waals surface area contributed by atoms with E-state index in [-0.39, 0.29) is 5.91 Å². The number of allylic oxidation sites excluding steroid dienone is 1. The fourth-order valence-corrected chi connectivity index (χ4v) is 3.27. The Labute approximate surface area is 133 Å². The number of amides is 1. The molecule has 0 atom stereocenters. The third kappa shape index (κ3) is 4.70. The fraction of sp³-hybridized carbons (Fsp3) is 0.750. The van der Waals surface area contributed by atoms with Crippen LogP contribution >= 0.6 is 12.2 Å². The Morgan fingerprint density at radius 1 is 1.29 bits per heavy atom. The molecule has 2 aliphatic rings. The van der Waals surface area contributed by atoms with Crippen LogP contribution in [0.3, 0.4) is 0 Å². The van der Waals surface area contributed by atoms with E-state index >= 15 is 0 Å². The van der Waals surface area contributed by atoms with Gasteiger partial charge in [0.2, 0.25) is 5.91 Å². The Morgan fingerprint density at radius 2 is 2.10 bits per heavy atom. The molecule has 1 N–H and O–H groups in total. The molecule has 2 rings (SSSR count). The quantitative estimate of drug-likeness (QED) is 0.625. The number of hydrogen-bond donors (Lipinski definition) is 1. The lowest BCUT2D eigenvalue weighted by atomic mass is 9.97. The van der Waals surface area contributed by atoms with Gasteiger partial charge in [-0.1, -0.05) is 18.6 Å². The van der Waals surface area contributed by atoms with Crippen LogP contribution in [0.2, 0.25) is 0 Å². The Kier molecular flexibility index (Phi) is 6.49. The minimum Gasteiger partial charge on any atom is -0.361 e. The summed E-state index contributed by atoms with van der Waals surface area (Å²) in [6.45, 7) is 4.56. The predicted molar refractivity (Wildman–Crippen MR) is 89.7 cm³/mol. The van der Waals surface area contributed by atoms with Crippen LogP contribution in [0.5, 0.6) is 0 Å². The van der Waals surface area contributed by atoms with Gasteiger partial charge in [0.1, 0.15) is 0 Å². The van der Waals surface area contributed by atoms with E-state index in [0.29, 0.717) is 11.5 Å². The summed E-state index contributed by atoms with van der Waals surface area (Å²) in [6.07, 6.45) is 11.0. The second-order valence-electron chi connectivity index (χ2n) is 5.83. The Bertz CT molecular complexity index is 408. The molecule has 0 saturated carbocycles. The predicted octanol–water partition coefficient (Wildman–Crippen LogP) is 3.00. The average Bonchev–Trinajstić information content (AvgIpc) is 2.98. The molecule has 1 fully saturated rings. The SMILES string of the molecule is CCCC(=O)N1CCCN1C(=S)NCCC1=CCCCC1. The molecular formula is C16H27N3OS. The number of nitrogens with zero attached hydrogens (tertiary/aromatic N) is 2. The van der Waals surface area contributed by atoms with E-state index in [1.807, 2.05) is 16.9 Å². The summed E-state index contributed by atoms with van der Waals surface area (Å²) >= 11 is 5.46. The maximum atomic E-state index is 12.1. The van der Waals surface area contributed by atoms with Crippen LogP contribution in [0.4, 0.5) is 0 Å². The summed E-state index contributed by atoms with van der Waals surface area (Å²) in [5.74, 6) is 0.189. The molecule has 0 aromatic heterocycles. The Hall–Kier alpha value is -1.10. The van der Waals surface area contributed by atoms with Crippen molar-refractivity contribution in [3.63, 3.8) is 0 Å². The van der Waals surface area contributed by atoms with Gasteiger partial charge in [-0.25, -0.2) is 0 Å². The topological polar surface area (TPSA) is 35.6 Å². The van der Waals surface area contributed by atoms with Crippen molar-refractivity contribution < 1.29 is 4.79 Å². The molecule has 4 nitrogen and oxygen atoms in total. The van der Waals surface area contributed by atoms with Gasteiger partial charge in [-0.05, 0) is 57.2 Å². The largest absolute Gasteiger partial charge is 0.361 e.